The summed E-state index contributed by atoms with van der Waals surface area (Å²) in [7, 11) is 0. The molecule has 4 nitrogen and oxygen atoms in total. The standard InChI is InChI=1S/C27H26ClF3N2O2S/c28-23-17-22(35-27(29,30)31)14-15-26(23)36(34)32-20-8-5-9-21(16-20)33-24-10-3-1-6-18(24)12-13-19-7-2-4-11-25(19)33/h1-4,6-7,10-11,14-15,17,20-21,32H,5,8-9,12-13,16H2/t20-,21+,36?/m0/s1. The van der Waals surface area contributed by atoms with E-state index in [1.165, 1.54) is 28.6 Å². The van der Waals surface area contributed by atoms with Gasteiger partial charge in [0.1, 0.15) is 10.8 Å². The van der Waals surface area contributed by atoms with Crippen molar-refractivity contribution in [1.82, 2.24) is 4.72 Å². The second-order valence-electron chi connectivity index (χ2n) is 9.17. The number of anilines is 2. The summed E-state index contributed by atoms with van der Waals surface area (Å²) in [5.74, 6) is -0.440. The van der Waals surface area contributed by atoms with Gasteiger partial charge in [0.25, 0.3) is 0 Å². The van der Waals surface area contributed by atoms with Crippen LogP contribution in [0.3, 0.4) is 0 Å². The molecule has 1 unspecified atom stereocenters. The van der Waals surface area contributed by atoms with Crippen LogP contribution >= 0.6 is 11.6 Å². The molecule has 1 fully saturated rings. The number of ether oxygens (including phenoxy) is 1. The molecule has 3 aromatic rings. The van der Waals surface area contributed by atoms with Crippen molar-refractivity contribution in [1.29, 1.82) is 0 Å². The third kappa shape index (κ3) is 5.62. The largest absolute Gasteiger partial charge is 0.593 e. The van der Waals surface area contributed by atoms with Crippen LogP contribution in [0.5, 0.6) is 5.75 Å². The number of halogens is 4. The molecule has 9 heteroatoms. The lowest BCUT2D eigenvalue weighted by molar-refractivity contribution is -0.274. The number of nitrogens with zero attached hydrogens (tertiary/aromatic N) is 1. The molecule has 0 amide bonds. The fraction of sp³-hybridized carbons (Fsp3) is 0.333. The van der Waals surface area contributed by atoms with Crippen LogP contribution in [-0.4, -0.2) is 23.0 Å². The Morgan fingerprint density at radius 2 is 1.58 bits per heavy atom. The summed E-state index contributed by atoms with van der Waals surface area (Å²) >= 11 is 4.49. The van der Waals surface area contributed by atoms with Crippen molar-refractivity contribution >= 4 is 34.3 Å². The van der Waals surface area contributed by atoms with E-state index >= 15 is 0 Å². The molecular formula is C27H26ClF3N2O2S. The highest BCUT2D eigenvalue weighted by Gasteiger charge is 2.34. The van der Waals surface area contributed by atoms with E-state index in [-0.39, 0.29) is 22.0 Å². The Hall–Kier alpha value is -2.39. The van der Waals surface area contributed by atoms with E-state index in [9.17, 15) is 17.7 Å². The Bertz CT molecular complexity index is 1180. The average molecular weight is 535 g/mol. The number of rotatable bonds is 5. The summed E-state index contributed by atoms with van der Waals surface area (Å²) < 4.78 is 57.7. The number of alkyl halides is 3. The second kappa shape index (κ2) is 10.5. The van der Waals surface area contributed by atoms with E-state index in [1.807, 2.05) is 0 Å². The molecule has 1 N–H and O–H groups in total. The fourth-order valence-electron chi connectivity index (χ4n) is 5.26. The van der Waals surface area contributed by atoms with Gasteiger partial charge in [-0.3, -0.25) is 0 Å². The molecule has 3 aromatic carbocycles. The first-order chi connectivity index (χ1) is 17.3. The van der Waals surface area contributed by atoms with Crippen LogP contribution in [0.15, 0.2) is 71.6 Å². The van der Waals surface area contributed by atoms with Crippen LogP contribution < -0.4 is 14.4 Å². The van der Waals surface area contributed by atoms with Gasteiger partial charge in [0.05, 0.1) is 17.4 Å². The normalized spacial score (nSPS) is 20.8. The smallest absolute Gasteiger partial charge is 0.573 e. The Kier molecular flexibility index (Phi) is 7.40. The molecule has 1 saturated carbocycles. The van der Waals surface area contributed by atoms with Crippen LogP contribution in [-0.2, 0) is 24.2 Å². The van der Waals surface area contributed by atoms with Crippen LogP contribution in [0, 0.1) is 0 Å². The first-order valence-corrected chi connectivity index (χ1v) is 13.5. The quantitative estimate of drug-likeness (QED) is 0.355. The molecule has 0 saturated heterocycles. The molecule has 1 heterocycles. The van der Waals surface area contributed by atoms with E-state index < -0.39 is 23.5 Å². The molecule has 0 radical (unpaired) electrons. The van der Waals surface area contributed by atoms with E-state index in [0.29, 0.717) is 0 Å². The van der Waals surface area contributed by atoms with Gasteiger partial charge in [-0.1, -0.05) is 48.0 Å². The number of fused-ring (bicyclic) bond motifs is 2. The minimum Gasteiger partial charge on any atom is -0.593 e. The molecule has 2 aliphatic rings. The van der Waals surface area contributed by atoms with Crippen molar-refractivity contribution in [2.75, 3.05) is 4.90 Å². The van der Waals surface area contributed by atoms with E-state index in [1.54, 1.807) is 0 Å². The Balaban J connectivity index is 1.35. The third-order valence-electron chi connectivity index (χ3n) is 6.79. The highest BCUT2D eigenvalue weighted by atomic mass is 35.5. The minimum atomic E-state index is -4.82. The van der Waals surface area contributed by atoms with Crippen LogP contribution in [0.25, 0.3) is 0 Å². The number of hydrogen-bond acceptors (Lipinski definition) is 4. The Morgan fingerprint density at radius 1 is 0.944 bits per heavy atom. The lowest BCUT2D eigenvalue weighted by Crippen LogP contribution is -2.44. The van der Waals surface area contributed by atoms with Gasteiger partial charge in [0.2, 0.25) is 0 Å². The average Bonchev–Trinajstić information content (AvgIpc) is 3.00. The second-order valence-corrected chi connectivity index (χ2v) is 10.8. The molecule has 1 aliphatic heterocycles. The van der Waals surface area contributed by atoms with Gasteiger partial charge in [0, 0.05) is 29.5 Å². The summed E-state index contributed by atoms with van der Waals surface area (Å²) in [6.07, 6.45) is 0.755. The molecule has 0 spiro atoms. The van der Waals surface area contributed by atoms with Crippen molar-refractivity contribution in [2.45, 2.75) is 61.9 Å². The van der Waals surface area contributed by atoms with E-state index in [2.05, 4.69) is 62.9 Å². The maximum Gasteiger partial charge on any atom is 0.573 e. The molecule has 0 aromatic heterocycles. The SMILES string of the molecule is [O-][S+](N[C@H]1CCC[C@@H](N2c3ccccc3CCc3ccccc32)C1)c1ccc(OC(F)(F)F)cc1Cl. The summed E-state index contributed by atoms with van der Waals surface area (Å²) in [4.78, 5) is 2.68. The van der Waals surface area contributed by atoms with Gasteiger partial charge in [-0.25, -0.2) is 0 Å². The van der Waals surface area contributed by atoms with Crippen molar-refractivity contribution in [3.63, 3.8) is 0 Å². The maximum atomic E-state index is 13.1. The first kappa shape index (κ1) is 25.3. The van der Waals surface area contributed by atoms with Gasteiger partial charge in [-0.15, -0.1) is 17.9 Å². The number of hydrogen-bond donors (Lipinski definition) is 1. The van der Waals surface area contributed by atoms with Crippen molar-refractivity contribution in [3.05, 3.63) is 82.9 Å². The van der Waals surface area contributed by atoms with Gasteiger partial charge >= 0.3 is 6.36 Å². The molecule has 36 heavy (non-hydrogen) atoms. The first-order valence-electron chi connectivity index (χ1n) is 12.0. The zero-order valence-corrected chi connectivity index (χ0v) is 21.0. The minimum absolute atomic E-state index is 0.0330. The number of aryl methyl sites for hydroxylation is 2. The predicted octanol–water partition coefficient (Wildman–Crippen LogP) is 7.10. The van der Waals surface area contributed by atoms with Gasteiger partial charge < -0.3 is 14.2 Å². The Labute approximate surface area is 216 Å². The molecule has 3 atom stereocenters. The van der Waals surface area contributed by atoms with E-state index in [0.717, 1.165) is 50.7 Å². The topological polar surface area (TPSA) is 47.6 Å². The zero-order valence-electron chi connectivity index (χ0n) is 19.4. The summed E-state index contributed by atoms with van der Waals surface area (Å²) in [5, 5.41) is -0.0367. The lowest BCUT2D eigenvalue weighted by atomic mass is 9.89. The van der Waals surface area contributed by atoms with Crippen molar-refractivity contribution in [3.8, 4) is 5.75 Å². The third-order valence-corrected chi connectivity index (χ3v) is 8.52. The number of para-hydroxylation sites is 2. The van der Waals surface area contributed by atoms with Crippen LogP contribution in [0.1, 0.15) is 36.8 Å². The molecule has 0 bridgehead atoms. The molecule has 5 rings (SSSR count). The summed E-state index contributed by atoms with van der Waals surface area (Å²) in [6.45, 7) is 0. The number of nitrogens with one attached hydrogen (secondary N) is 1. The lowest BCUT2D eigenvalue weighted by Gasteiger charge is -2.39. The predicted molar refractivity (Wildman–Crippen MR) is 136 cm³/mol. The van der Waals surface area contributed by atoms with Gasteiger partial charge in [-0.05, 0) is 67.9 Å². The summed E-state index contributed by atoms with van der Waals surface area (Å²) in [5.41, 5.74) is 5.08. The van der Waals surface area contributed by atoms with Gasteiger partial charge in [0.15, 0.2) is 4.90 Å². The monoisotopic (exact) mass is 534 g/mol. The fourth-order valence-corrected chi connectivity index (χ4v) is 6.71. The van der Waals surface area contributed by atoms with Crippen molar-refractivity contribution in [2.24, 2.45) is 0 Å². The van der Waals surface area contributed by atoms with Crippen LogP contribution in [0.4, 0.5) is 24.5 Å². The zero-order chi connectivity index (χ0) is 25.3. The maximum absolute atomic E-state index is 13.1. The molecular weight excluding hydrogens is 509 g/mol. The Morgan fingerprint density at radius 3 is 2.19 bits per heavy atom. The highest BCUT2D eigenvalue weighted by molar-refractivity contribution is 7.89. The molecule has 190 valence electrons. The van der Waals surface area contributed by atoms with Crippen LogP contribution in [0.2, 0.25) is 5.02 Å². The van der Waals surface area contributed by atoms with Gasteiger partial charge in [-0.2, -0.15) is 0 Å². The number of benzene rings is 3. The summed E-state index contributed by atoms with van der Waals surface area (Å²) in [6, 6.07) is 20.7. The van der Waals surface area contributed by atoms with E-state index in [4.69, 9.17) is 11.6 Å². The highest BCUT2D eigenvalue weighted by Crippen LogP contribution is 2.41. The molecule has 1 aliphatic carbocycles. The van der Waals surface area contributed by atoms with Crippen molar-refractivity contribution < 1.29 is 22.5 Å².